The molecule has 0 aliphatic rings. The Morgan fingerprint density at radius 1 is 1.50 bits per heavy atom. The first kappa shape index (κ1) is 14.5. The van der Waals surface area contributed by atoms with Crippen LogP contribution in [0.4, 0.5) is 5.82 Å². The van der Waals surface area contributed by atoms with Crippen molar-refractivity contribution < 1.29 is 8.42 Å². The zero-order valence-electron chi connectivity index (χ0n) is 10.8. The van der Waals surface area contributed by atoms with Gasteiger partial charge in [-0.3, -0.25) is 0 Å². The Kier molecular flexibility index (Phi) is 4.68. The van der Waals surface area contributed by atoms with Crippen LogP contribution in [-0.4, -0.2) is 32.2 Å². The Morgan fingerprint density at radius 3 is 2.67 bits per heavy atom. The van der Waals surface area contributed by atoms with E-state index in [4.69, 9.17) is 5.26 Å². The summed E-state index contributed by atoms with van der Waals surface area (Å²) in [7, 11) is -3.32. The second-order valence-electron chi connectivity index (χ2n) is 4.29. The van der Waals surface area contributed by atoms with E-state index in [1.807, 2.05) is 18.7 Å². The van der Waals surface area contributed by atoms with E-state index in [9.17, 15) is 8.42 Å². The monoisotopic (exact) mass is 267 g/mol. The zero-order valence-corrected chi connectivity index (χ0v) is 11.6. The minimum absolute atomic E-state index is 0.0775. The second kappa shape index (κ2) is 5.83. The van der Waals surface area contributed by atoms with Crippen LogP contribution in [0.5, 0.6) is 0 Å². The highest BCUT2D eigenvalue weighted by molar-refractivity contribution is 7.90. The summed E-state index contributed by atoms with van der Waals surface area (Å²) in [6.07, 6.45) is 3.06. The SMILES string of the molecule is CC(C)N(CCC#N)c1ncccc1S(C)(=O)=O. The molecule has 0 radical (unpaired) electrons. The third-order valence-electron chi connectivity index (χ3n) is 2.51. The van der Waals surface area contributed by atoms with Gasteiger partial charge in [-0.05, 0) is 26.0 Å². The second-order valence-corrected chi connectivity index (χ2v) is 6.28. The summed E-state index contributed by atoms with van der Waals surface area (Å²) in [5.41, 5.74) is 0. The predicted molar refractivity (Wildman–Crippen MR) is 70.1 cm³/mol. The summed E-state index contributed by atoms with van der Waals surface area (Å²) in [5, 5.41) is 8.66. The number of nitrogens with zero attached hydrogens (tertiary/aromatic N) is 3. The highest BCUT2D eigenvalue weighted by Crippen LogP contribution is 2.24. The van der Waals surface area contributed by atoms with Crippen molar-refractivity contribution in [3.63, 3.8) is 0 Å². The molecule has 0 spiro atoms. The zero-order chi connectivity index (χ0) is 13.8. The van der Waals surface area contributed by atoms with Crippen LogP contribution < -0.4 is 4.90 Å². The van der Waals surface area contributed by atoms with Gasteiger partial charge in [0.25, 0.3) is 0 Å². The lowest BCUT2D eigenvalue weighted by Gasteiger charge is -2.28. The maximum absolute atomic E-state index is 11.7. The molecule has 0 saturated heterocycles. The van der Waals surface area contributed by atoms with Crippen LogP contribution in [0.15, 0.2) is 23.2 Å². The average Bonchev–Trinajstić information content (AvgIpc) is 2.28. The van der Waals surface area contributed by atoms with Gasteiger partial charge < -0.3 is 4.90 Å². The first-order valence-corrected chi connectivity index (χ1v) is 7.55. The lowest BCUT2D eigenvalue weighted by atomic mass is 10.2. The number of anilines is 1. The molecule has 0 saturated carbocycles. The number of aromatic nitrogens is 1. The van der Waals surface area contributed by atoms with Gasteiger partial charge in [0.1, 0.15) is 10.7 Å². The van der Waals surface area contributed by atoms with Crippen LogP contribution in [0.2, 0.25) is 0 Å². The summed E-state index contributed by atoms with van der Waals surface area (Å²) in [4.78, 5) is 6.20. The molecule has 0 aliphatic heterocycles. The minimum Gasteiger partial charge on any atom is -0.352 e. The summed E-state index contributed by atoms with van der Waals surface area (Å²) < 4.78 is 23.4. The third-order valence-corrected chi connectivity index (χ3v) is 3.63. The molecule has 6 heteroatoms. The van der Waals surface area contributed by atoms with Gasteiger partial charge >= 0.3 is 0 Å². The van der Waals surface area contributed by atoms with Crippen molar-refractivity contribution in [2.75, 3.05) is 17.7 Å². The van der Waals surface area contributed by atoms with Crippen molar-refractivity contribution in [3.8, 4) is 6.07 Å². The lowest BCUT2D eigenvalue weighted by Crippen LogP contribution is -2.33. The Hall–Kier alpha value is -1.61. The highest BCUT2D eigenvalue weighted by atomic mass is 32.2. The van der Waals surface area contributed by atoms with Gasteiger partial charge in [-0.1, -0.05) is 0 Å². The number of rotatable bonds is 5. The first-order valence-electron chi connectivity index (χ1n) is 5.66. The number of hydrogen-bond acceptors (Lipinski definition) is 5. The summed E-state index contributed by atoms with van der Waals surface area (Å²) in [6, 6.07) is 5.28. The molecule has 0 aromatic carbocycles. The molecule has 0 atom stereocenters. The van der Waals surface area contributed by atoms with Crippen molar-refractivity contribution in [2.24, 2.45) is 0 Å². The van der Waals surface area contributed by atoms with Crippen LogP contribution in [0.25, 0.3) is 0 Å². The van der Waals surface area contributed by atoms with E-state index >= 15 is 0 Å². The van der Waals surface area contributed by atoms with E-state index < -0.39 is 9.84 Å². The standard InChI is InChI=1S/C12H17N3O2S/c1-10(2)15(9-5-7-13)12-11(18(3,16)17)6-4-8-14-12/h4,6,8,10H,5,9H2,1-3H3. The van der Waals surface area contributed by atoms with Gasteiger partial charge in [-0.2, -0.15) is 5.26 Å². The van der Waals surface area contributed by atoms with Crippen molar-refractivity contribution in [1.29, 1.82) is 5.26 Å². The van der Waals surface area contributed by atoms with Crippen LogP contribution >= 0.6 is 0 Å². The molecule has 98 valence electrons. The summed E-state index contributed by atoms with van der Waals surface area (Å²) >= 11 is 0. The van der Waals surface area contributed by atoms with Crippen LogP contribution in [-0.2, 0) is 9.84 Å². The van der Waals surface area contributed by atoms with E-state index in [1.165, 1.54) is 0 Å². The van der Waals surface area contributed by atoms with E-state index in [1.54, 1.807) is 18.3 Å². The Labute approximate surface area is 108 Å². The molecule has 5 nitrogen and oxygen atoms in total. The molecule has 0 aliphatic carbocycles. The van der Waals surface area contributed by atoms with Gasteiger partial charge in [0.15, 0.2) is 9.84 Å². The van der Waals surface area contributed by atoms with Gasteiger partial charge in [0.2, 0.25) is 0 Å². The fourth-order valence-corrected chi connectivity index (χ4v) is 2.49. The molecule has 0 fully saturated rings. The Bertz CT molecular complexity index is 547. The Morgan fingerprint density at radius 2 is 2.17 bits per heavy atom. The minimum atomic E-state index is -3.32. The van der Waals surface area contributed by atoms with Crippen molar-refractivity contribution in [3.05, 3.63) is 18.3 Å². The molecular weight excluding hydrogens is 250 g/mol. The number of hydrogen-bond donors (Lipinski definition) is 0. The third kappa shape index (κ3) is 3.44. The maximum Gasteiger partial charge on any atom is 0.179 e. The highest BCUT2D eigenvalue weighted by Gasteiger charge is 2.20. The summed E-state index contributed by atoms with van der Waals surface area (Å²) in [5.74, 6) is 0.422. The number of nitriles is 1. The smallest absolute Gasteiger partial charge is 0.179 e. The van der Waals surface area contributed by atoms with Crippen LogP contribution in [0, 0.1) is 11.3 Å². The Balaban J connectivity index is 3.25. The molecule has 1 rings (SSSR count). The quantitative estimate of drug-likeness (QED) is 0.810. The van der Waals surface area contributed by atoms with E-state index in [-0.39, 0.29) is 10.9 Å². The summed E-state index contributed by atoms with van der Waals surface area (Å²) in [6.45, 7) is 4.35. The predicted octanol–water partition coefficient (Wildman–Crippen LogP) is 1.61. The molecule has 1 heterocycles. The normalized spacial score (nSPS) is 11.3. The average molecular weight is 267 g/mol. The van der Waals surface area contributed by atoms with Crippen molar-refractivity contribution >= 4 is 15.7 Å². The first-order chi connectivity index (χ1) is 8.38. The number of sulfone groups is 1. The lowest BCUT2D eigenvalue weighted by molar-refractivity contribution is 0.599. The van der Waals surface area contributed by atoms with Crippen molar-refractivity contribution in [1.82, 2.24) is 4.98 Å². The van der Waals surface area contributed by atoms with Gasteiger partial charge in [0, 0.05) is 25.0 Å². The molecule has 1 aromatic rings. The molecule has 1 aromatic heterocycles. The van der Waals surface area contributed by atoms with E-state index in [0.717, 1.165) is 6.26 Å². The molecule has 0 unspecified atom stereocenters. The largest absolute Gasteiger partial charge is 0.352 e. The molecule has 18 heavy (non-hydrogen) atoms. The molecular formula is C12H17N3O2S. The van der Waals surface area contributed by atoms with Crippen LogP contribution in [0.1, 0.15) is 20.3 Å². The fourth-order valence-electron chi connectivity index (χ4n) is 1.67. The molecule has 0 amide bonds. The number of pyridine rings is 1. The van der Waals surface area contributed by atoms with Gasteiger partial charge in [-0.15, -0.1) is 0 Å². The van der Waals surface area contributed by atoms with Crippen molar-refractivity contribution in [2.45, 2.75) is 31.2 Å². The topological polar surface area (TPSA) is 74.1 Å². The fraction of sp³-hybridized carbons (Fsp3) is 0.500. The maximum atomic E-state index is 11.7. The molecule has 0 bridgehead atoms. The van der Waals surface area contributed by atoms with E-state index in [2.05, 4.69) is 11.1 Å². The molecule has 0 N–H and O–H groups in total. The van der Waals surface area contributed by atoms with Gasteiger partial charge in [-0.25, -0.2) is 13.4 Å². The van der Waals surface area contributed by atoms with Gasteiger partial charge in [0.05, 0.1) is 12.5 Å². The van der Waals surface area contributed by atoms with E-state index in [0.29, 0.717) is 18.8 Å². The van der Waals surface area contributed by atoms with Crippen LogP contribution in [0.3, 0.4) is 0 Å².